The Hall–Kier alpha value is -2.59. The Morgan fingerprint density at radius 2 is 1.73 bits per heavy atom. The van der Waals surface area contributed by atoms with E-state index in [9.17, 15) is 4.79 Å². The smallest absolute Gasteiger partial charge is 0.272 e. The lowest BCUT2D eigenvalue weighted by Gasteiger charge is -2.16. The molecule has 2 aromatic carbocycles. The standard InChI is InChI=1S/C21H20ClN3O/c1-15-8-10-16(11-9-15)25-20(21(26)24-12-4-5-13-24)14-19(23-25)17-6-2-3-7-18(17)22/h2-3,6-11,14H,4-5,12-13H2,1H3. The topological polar surface area (TPSA) is 38.1 Å². The number of halogens is 1. The van der Waals surface area contributed by atoms with E-state index in [1.807, 2.05) is 66.4 Å². The van der Waals surface area contributed by atoms with Gasteiger partial charge in [-0.2, -0.15) is 5.10 Å². The van der Waals surface area contributed by atoms with Crippen molar-refractivity contribution in [3.63, 3.8) is 0 Å². The maximum Gasteiger partial charge on any atom is 0.272 e. The van der Waals surface area contributed by atoms with E-state index >= 15 is 0 Å². The molecular weight excluding hydrogens is 346 g/mol. The third kappa shape index (κ3) is 3.13. The molecule has 1 aromatic heterocycles. The van der Waals surface area contributed by atoms with Gasteiger partial charge in [-0.25, -0.2) is 4.68 Å². The number of hydrogen-bond acceptors (Lipinski definition) is 2. The first-order valence-corrected chi connectivity index (χ1v) is 9.22. The molecule has 26 heavy (non-hydrogen) atoms. The van der Waals surface area contributed by atoms with Crippen LogP contribution in [0.25, 0.3) is 16.9 Å². The Labute approximate surface area is 158 Å². The van der Waals surface area contributed by atoms with Crippen molar-refractivity contribution in [2.24, 2.45) is 0 Å². The first kappa shape index (κ1) is 16.9. The van der Waals surface area contributed by atoms with Gasteiger partial charge in [-0.3, -0.25) is 4.79 Å². The van der Waals surface area contributed by atoms with Crippen molar-refractivity contribution in [2.45, 2.75) is 19.8 Å². The van der Waals surface area contributed by atoms with Gasteiger partial charge in [0, 0.05) is 18.7 Å². The first-order chi connectivity index (χ1) is 12.6. The zero-order chi connectivity index (χ0) is 18.1. The number of carbonyl (C=O) groups is 1. The summed E-state index contributed by atoms with van der Waals surface area (Å²) in [6.07, 6.45) is 2.11. The van der Waals surface area contributed by atoms with Crippen LogP contribution in [0.15, 0.2) is 54.6 Å². The predicted octanol–water partition coefficient (Wildman–Crippen LogP) is 4.74. The molecular formula is C21H20ClN3O. The third-order valence-electron chi connectivity index (χ3n) is 4.75. The van der Waals surface area contributed by atoms with E-state index in [0.717, 1.165) is 37.2 Å². The number of amides is 1. The quantitative estimate of drug-likeness (QED) is 0.672. The summed E-state index contributed by atoms with van der Waals surface area (Å²) in [5.74, 6) is 0.0221. The molecule has 0 unspecified atom stereocenters. The minimum Gasteiger partial charge on any atom is -0.337 e. The van der Waals surface area contributed by atoms with Crippen molar-refractivity contribution in [3.05, 3.63) is 70.9 Å². The molecule has 0 atom stereocenters. The molecule has 1 fully saturated rings. The lowest BCUT2D eigenvalue weighted by atomic mass is 10.1. The number of aromatic nitrogens is 2. The Bertz CT molecular complexity index is 940. The molecule has 2 heterocycles. The fourth-order valence-corrected chi connectivity index (χ4v) is 3.53. The number of hydrogen-bond donors (Lipinski definition) is 0. The van der Waals surface area contributed by atoms with Crippen LogP contribution in [0.4, 0.5) is 0 Å². The van der Waals surface area contributed by atoms with E-state index in [2.05, 4.69) is 0 Å². The van der Waals surface area contributed by atoms with E-state index < -0.39 is 0 Å². The van der Waals surface area contributed by atoms with Crippen LogP contribution in [0.1, 0.15) is 28.9 Å². The molecule has 1 amide bonds. The molecule has 1 saturated heterocycles. The van der Waals surface area contributed by atoms with E-state index in [0.29, 0.717) is 16.4 Å². The van der Waals surface area contributed by atoms with Crippen molar-refractivity contribution in [1.82, 2.24) is 14.7 Å². The van der Waals surface area contributed by atoms with Gasteiger partial charge in [0.1, 0.15) is 5.69 Å². The maximum absolute atomic E-state index is 13.1. The highest BCUT2D eigenvalue weighted by Crippen LogP contribution is 2.29. The zero-order valence-electron chi connectivity index (χ0n) is 14.7. The second-order valence-electron chi connectivity index (χ2n) is 6.64. The molecule has 4 nitrogen and oxygen atoms in total. The number of aryl methyl sites for hydroxylation is 1. The van der Waals surface area contributed by atoms with Gasteiger partial charge in [0.25, 0.3) is 5.91 Å². The SMILES string of the molecule is Cc1ccc(-n2nc(-c3ccccc3Cl)cc2C(=O)N2CCCC2)cc1. The predicted molar refractivity (Wildman–Crippen MR) is 104 cm³/mol. The molecule has 1 aliphatic rings. The highest BCUT2D eigenvalue weighted by molar-refractivity contribution is 6.33. The highest BCUT2D eigenvalue weighted by atomic mass is 35.5. The minimum atomic E-state index is 0.0221. The number of nitrogens with zero attached hydrogens (tertiary/aromatic N) is 3. The second kappa shape index (κ2) is 6.96. The summed E-state index contributed by atoms with van der Waals surface area (Å²) in [7, 11) is 0. The van der Waals surface area contributed by atoms with E-state index in [1.165, 1.54) is 5.56 Å². The average Bonchev–Trinajstić information content (AvgIpc) is 3.32. The van der Waals surface area contributed by atoms with Crippen LogP contribution < -0.4 is 0 Å². The lowest BCUT2D eigenvalue weighted by molar-refractivity contribution is 0.0784. The average molecular weight is 366 g/mol. The van der Waals surface area contributed by atoms with Gasteiger partial charge in [0.15, 0.2) is 0 Å². The highest BCUT2D eigenvalue weighted by Gasteiger charge is 2.25. The molecule has 0 spiro atoms. The summed E-state index contributed by atoms with van der Waals surface area (Å²) >= 11 is 6.35. The van der Waals surface area contributed by atoms with Crippen LogP contribution in [-0.2, 0) is 0 Å². The Balaban J connectivity index is 1.83. The number of likely N-dealkylation sites (tertiary alicyclic amines) is 1. The maximum atomic E-state index is 13.1. The van der Waals surface area contributed by atoms with Crippen molar-refractivity contribution >= 4 is 17.5 Å². The molecule has 1 aliphatic heterocycles. The van der Waals surface area contributed by atoms with E-state index in [1.54, 1.807) is 4.68 Å². The minimum absolute atomic E-state index is 0.0221. The number of benzene rings is 2. The van der Waals surface area contributed by atoms with Crippen molar-refractivity contribution in [1.29, 1.82) is 0 Å². The Kier molecular flexibility index (Phi) is 4.51. The van der Waals surface area contributed by atoms with Crippen LogP contribution in [0.2, 0.25) is 5.02 Å². The Morgan fingerprint density at radius 3 is 2.42 bits per heavy atom. The number of rotatable bonds is 3. The van der Waals surface area contributed by atoms with Gasteiger partial charge < -0.3 is 4.90 Å². The Morgan fingerprint density at radius 1 is 1.04 bits per heavy atom. The summed E-state index contributed by atoms with van der Waals surface area (Å²) in [6.45, 7) is 3.65. The monoisotopic (exact) mass is 365 g/mol. The lowest BCUT2D eigenvalue weighted by Crippen LogP contribution is -2.29. The van der Waals surface area contributed by atoms with E-state index in [-0.39, 0.29) is 5.91 Å². The molecule has 132 valence electrons. The first-order valence-electron chi connectivity index (χ1n) is 8.85. The zero-order valence-corrected chi connectivity index (χ0v) is 15.4. The van der Waals surface area contributed by atoms with Crippen LogP contribution >= 0.6 is 11.6 Å². The van der Waals surface area contributed by atoms with Crippen LogP contribution in [0, 0.1) is 6.92 Å². The third-order valence-corrected chi connectivity index (χ3v) is 5.08. The van der Waals surface area contributed by atoms with Crippen LogP contribution in [0.3, 0.4) is 0 Å². The number of carbonyl (C=O) groups excluding carboxylic acids is 1. The summed E-state index contributed by atoms with van der Waals surface area (Å²) in [4.78, 5) is 15.0. The van der Waals surface area contributed by atoms with Gasteiger partial charge in [-0.1, -0.05) is 47.5 Å². The largest absolute Gasteiger partial charge is 0.337 e. The summed E-state index contributed by atoms with van der Waals surface area (Å²) < 4.78 is 1.73. The molecule has 5 heteroatoms. The second-order valence-corrected chi connectivity index (χ2v) is 7.05. The van der Waals surface area contributed by atoms with Crippen molar-refractivity contribution in [3.8, 4) is 16.9 Å². The van der Waals surface area contributed by atoms with Crippen LogP contribution in [-0.4, -0.2) is 33.7 Å². The fraction of sp³-hybridized carbons (Fsp3) is 0.238. The normalized spacial score (nSPS) is 14.0. The molecule has 4 rings (SSSR count). The van der Waals surface area contributed by atoms with Gasteiger partial charge >= 0.3 is 0 Å². The van der Waals surface area contributed by atoms with Gasteiger partial charge in [0.05, 0.1) is 16.4 Å². The fourth-order valence-electron chi connectivity index (χ4n) is 3.30. The summed E-state index contributed by atoms with van der Waals surface area (Å²) in [5.41, 5.74) is 4.15. The molecule has 0 saturated carbocycles. The van der Waals surface area contributed by atoms with Gasteiger partial charge in [-0.15, -0.1) is 0 Å². The molecule has 0 bridgehead atoms. The van der Waals surface area contributed by atoms with Gasteiger partial charge in [-0.05, 0) is 44.0 Å². The van der Waals surface area contributed by atoms with Crippen molar-refractivity contribution in [2.75, 3.05) is 13.1 Å². The molecule has 0 N–H and O–H groups in total. The van der Waals surface area contributed by atoms with Crippen molar-refractivity contribution < 1.29 is 4.79 Å². The summed E-state index contributed by atoms with van der Waals surface area (Å²) in [6, 6.07) is 17.4. The van der Waals surface area contributed by atoms with E-state index in [4.69, 9.17) is 16.7 Å². The van der Waals surface area contributed by atoms with Gasteiger partial charge in [0.2, 0.25) is 0 Å². The van der Waals surface area contributed by atoms with Crippen LogP contribution in [0.5, 0.6) is 0 Å². The molecule has 3 aromatic rings. The molecule has 0 aliphatic carbocycles. The summed E-state index contributed by atoms with van der Waals surface area (Å²) in [5, 5.41) is 5.34. The molecule has 0 radical (unpaired) electrons.